The summed E-state index contributed by atoms with van der Waals surface area (Å²) in [4.78, 5) is 14.1. The van der Waals surface area contributed by atoms with E-state index in [2.05, 4.69) is 12.2 Å². The van der Waals surface area contributed by atoms with Gasteiger partial charge in [-0.3, -0.25) is 4.79 Å². The largest absolute Gasteiger partial charge is 0.374 e. The normalized spacial score (nSPS) is 17.9. The molecule has 20 heavy (non-hydrogen) atoms. The molecule has 1 heterocycles. The van der Waals surface area contributed by atoms with Gasteiger partial charge in [0.25, 0.3) is 0 Å². The lowest BCUT2D eigenvalue weighted by Crippen LogP contribution is -2.45. The molecule has 1 unspecified atom stereocenters. The fourth-order valence-electron chi connectivity index (χ4n) is 2.40. The van der Waals surface area contributed by atoms with Crippen molar-refractivity contribution in [2.24, 2.45) is 5.92 Å². The van der Waals surface area contributed by atoms with E-state index in [4.69, 9.17) is 0 Å². The molecular formula is C15H20F2N2O. The predicted molar refractivity (Wildman–Crippen MR) is 74.4 cm³/mol. The predicted octanol–water partition coefficient (Wildman–Crippen LogP) is 3.02. The van der Waals surface area contributed by atoms with Crippen molar-refractivity contribution in [3.8, 4) is 0 Å². The van der Waals surface area contributed by atoms with Gasteiger partial charge in [-0.25, -0.2) is 8.78 Å². The van der Waals surface area contributed by atoms with Crippen molar-refractivity contribution in [3.05, 3.63) is 29.8 Å². The number of anilines is 1. The summed E-state index contributed by atoms with van der Waals surface area (Å²) in [6, 6.07) is 3.10. The third-order valence-electron chi connectivity index (χ3n) is 3.77. The van der Waals surface area contributed by atoms with Gasteiger partial charge in [0.05, 0.1) is 0 Å². The number of rotatable bonds is 3. The summed E-state index contributed by atoms with van der Waals surface area (Å²) in [6.45, 7) is 5.46. The summed E-state index contributed by atoms with van der Waals surface area (Å²) in [5, 5.41) is 2.92. The van der Waals surface area contributed by atoms with Gasteiger partial charge in [-0.15, -0.1) is 0 Å². The zero-order valence-electron chi connectivity index (χ0n) is 11.8. The van der Waals surface area contributed by atoms with Crippen molar-refractivity contribution < 1.29 is 13.6 Å². The first-order valence-corrected chi connectivity index (χ1v) is 6.97. The lowest BCUT2D eigenvalue weighted by atomic mass is 9.99. The number of benzene rings is 1. The quantitative estimate of drug-likeness (QED) is 0.924. The number of nitrogens with zero attached hydrogens (tertiary/aromatic N) is 1. The van der Waals surface area contributed by atoms with E-state index in [0.717, 1.165) is 38.1 Å². The van der Waals surface area contributed by atoms with Gasteiger partial charge >= 0.3 is 0 Å². The summed E-state index contributed by atoms with van der Waals surface area (Å²) >= 11 is 0. The van der Waals surface area contributed by atoms with Crippen LogP contribution in [0.15, 0.2) is 18.2 Å². The Hall–Kier alpha value is -1.65. The molecule has 0 bridgehead atoms. The minimum Gasteiger partial charge on any atom is -0.374 e. The summed E-state index contributed by atoms with van der Waals surface area (Å²) in [5.74, 6) is -1.14. The van der Waals surface area contributed by atoms with Gasteiger partial charge in [-0.2, -0.15) is 0 Å². The Morgan fingerprint density at radius 2 is 1.95 bits per heavy atom. The number of halogens is 2. The molecule has 3 nitrogen and oxygen atoms in total. The minimum atomic E-state index is -0.915. The SMILES string of the molecule is CC1CCN(C(=O)C(C)Nc2ccc(F)c(F)c2)CC1. The molecule has 1 amide bonds. The van der Waals surface area contributed by atoms with Crippen LogP contribution in [0, 0.1) is 17.6 Å². The Balaban J connectivity index is 1.95. The fourth-order valence-corrected chi connectivity index (χ4v) is 2.40. The van der Waals surface area contributed by atoms with Gasteiger partial charge in [-0.1, -0.05) is 6.92 Å². The number of carbonyl (C=O) groups excluding carboxylic acids is 1. The molecule has 0 aromatic heterocycles. The zero-order valence-corrected chi connectivity index (χ0v) is 11.8. The zero-order chi connectivity index (χ0) is 14.7. The van der Waals surface area contributed by atoms with Gasteiger partial charge in [-0.05, 0) is 37.8 Å². The van der Waals surface area contributed by atoms with Crippen LogP contribution >= 0.6 is 0 Å². The molecule has 110 valence electrons. The van der Waals surface area contributed by atoms with Crippen LogP contribution in [0.3, 0.4) is 0 Å². The topological polar surface area (TPSA) is 32.3 Å². The molecule has 2 rings (SSSR count). The van der Waals surface area contributed by atoms with Gasteiger partial charge in [0, 0.05) is 24.8 Å². The Morgan fingerprint density at radius 3 is 2.55 bits per heavy atom. The van der Waals surface area contributed by atoms with Crippen LogP contribution in [-0.4, -0.2) is 29.9 Å². The summed E-state index contributed by atoms with van der Waals surface area (Å²) in [7, 11) is 0. The Labute approximate surface area is 118 Å². The van der Waals surface area contributed by atoms with Crippen LogP contribution in [0.5, 0.6) is 0 Å². The van der Waals surface area contributed by atoms with Crippen molar-refractivity contribution in [1.82, 2.24) is 4.90 Å². The fraction of sp³-hybridized carbons (Fsp3) is 0.533. The van der Waals surface area contributed by atoms with Crippen molar-refractivity contribution in [2.75, 3.05) is 18.4 Å². The van der Waals surface area contributed by atoms with Gasteiger partial charge < -0.3 is 10.2 Å². The smallest absolute Gasteiger partial charge is 0.244 e. The molecule has 1 aliphatic rings. The molecule has 1 aromatic carbocycles. The van der Waals surface area contributed by atoms with Crippen LogP contribution in [0.1, 0.15) is 26.7 Å². The lowest BCUT2D eigenvalue weighted by Gasteiger charge is -2.32. The molecule has 0 radical (unpaired) electrons. The maximum absolute atomic E-state index is 13.1. The highest BCUT2D eigenvalue weighted by molar-refractivity contribution is 5.84. The number of hydrogen-bond donors (Lipinski definition) is 1. The monoisotopic (exact) mass is 282 g/mol. The second-order valence-corrected chi connectivity index (χ2v) is 5.50. The Bertz CT molecular complexity index is 485. The minimum absolute atomic E-state index is 0.00151. The summed E-state index contributed by atoms with van der Waals surface area (Å²) < 4.78 is 26.0. The molecule has 1 N–H and O–H groups in total. The molecule has 0 aliphatic carbocycles. The number of hydrogen-bond acceptors (Lipinski definition) is 2. The number of likely N-dealkylation sites (tertiary alicyclic amines) is 1. The molecule has 0 spiro atoms. The van der Waals surface area contributed by atoms with Gasteiger partial charge in [0.2, 0.25) is 5.91 Å². The highest BCUT2D eigenvalue weighted by Crippen LogP contribution is 2.18. The van der Waals surface area contributed by atoms with E-state index < -0.39 is 17.7 Å². The molecule has 1 aromatic rings. The highest BCUT2D eigenvalue weighted by Gasteiger charge is 2.24. The molecule has 1 fully saturated rings. The van der Waals surface area contributed by atoms with Crippen LogP contribution in [0.25, 0.3) is 0 Å². The first kappa shape index (κ1) is 14.8. The van der Waals surface area contributed by atoms with Crippen molar-refractivity contribution in [1.29, 1.82) is 0 Å². The maximum atomic E-state index is 13.1. The van der Waals surface area contributed by atoms with Crippen molar-refractivity contribution in [3.63, 3.8) is 0 Å². The Morgan fingerprint density at radius 1 is 1.30 bits per heavy atom. The van der Waals surface area contributed by atoms with Crippen molar-refractivity contribution in [2.45, 2.75) is 32.7 Å². The average Bonchev–Trinajstić information content (AvgIpc) is 2.43. The van der Waals surface area contributed by atoms with Crippen LogP contribution in [0.2, 0.25) is 0 Å². The van der Waals surface area contributed by atoms with E-state index in [0.29, 0.717) is 11.6 Å². The van der Waals surface area contributed by atoms with E-state index in [1.165, 1.54) is 6.07 Å². The van der Waals surface area contributed by atoms with E-state index in [-0.39, 0.29) is 5.91 Å². The molecule has 1 aliphatic heterocycles. The first-order valence-electron chi connectivity index (χ1n) is 6.97. The third kappa shape index (κ3) is 3.46. The molecule has 1 atom stereocenters. The molecule has 5 heteroatoms. The van der Waals surface area contributed by atoms with E-state index in [9.17, 15) is 13.6 Å². The first-order chi connectivity index (χ1) is 9.47. The van der Waals surface area contributed by atoms with E-state index in [1.54, 1.807) is 6.92 Å². The van der Waals surface area contributed by atoms with Crippen LogP contribution in [-0.2, 0) is 4.79 Å². The molecule has 0 saturated carbocycles. The van der Waals surface area contributed by atoms with Crippen LogP contribution in [0.4, 0.5) is 14.5 Å². The van der Waals surface area contributed by atoms with Crippen molar-refractivity contribution >= 4 is 11.6 Å². The third-order valence-corrected chi connectivity index (χ3v) is 3.77. The second-order valence-electron chi connectivity index (χ2n) is 5.50. The average molecular weight is 282 g/mol. The molecular weight excluding hydrogens is 262 g/mol. The van der Waals surface area contributed by atoms with E-state index in [1.807, 2.05) is 4.90 Å². The van der Waals surface area contributed by atoms with Gasteiger partial charge in [0.1, 0.15) is 6.04 Å². The highest BCUT2D eigenvalue weighted by atomic mass is 19.2. The number of amides is 1. The number of nitrogens with one attached hydrogen (secondary N) is 1. The van der Waals surface area contributed by atoms with Gasteiger partial charge in [0.15, 0.2) is 11.6 Å². The maximum Gasteiger partial charge on any atom is 0.244 e. The van der Waals surface area contributed by atoms with Crippen LogP contribution < -0.4 is 5.32 Å². The summed E-state index contributed by atoms with van der Waals surface area (Å²) in [5.41, 5.74) is 0.412. The number of piperidine rings is 1. The lowest BCUT2D eigenvalue weighted by molar-refractivity contribution is -0.132. The standard InChI is InChI=1S/C15H20F2N2O/c1-10-5-7-19(8-6-10)15(20)11(2)18-12-3-4-13(16)14(17)9-12/h3-4,9-11,18H,5-8H2,1-2H3. The van der Waals surface area contributed by atoms with E-state index >= 15 is 0 Å². The second kappa shape index (κ2) is 6.20. The molecule has 1 saturated heterocycles. The summed E-state index contributed by atoms with van der Waals surface area (Å²) in [6.07, 6.45) is 2.03. The number of carbonyl (C=O) groups is 1. The Kier molecular flexibility index (Phi) is 4.57.